The van der Waals surface area contributed by atoms with Crippen molar-refractivity contribution in [3.05, 3.63) is 82.1 Å². The van der Waals surface area contributed by atoms with Gasteiger partial charge in [-0.2, -0.15) is 0 Å². The number of halogens is 1. The molecule has 0 aliphatic rings. The quantitative estimate of drug-likeness (QED) is 0.639. The number of hydrogen-bond donors (Lipinski definition) is 1. The minimum absolute atomic E-state index is 0.164. The van der Waals surface area contributed by atoms with Gasteiger partial charge in [0.1, 0.15) is 5.75 Å². The molecule has 0 atom stereocenters. The van der Waals surface area contributed by atoms with Gasteiger partial charge in [-0.25, -0.2) is 0 Å². The molecule has 1 heterocycles. The maximum absolute atomic E-state index is 12.4. The Morgan fingerprint density at radius 3 is 2.56 bits per heavy atom. The van der Waals surface area contributed by atoms with Gasteiger partial charge in [-0.15, -0.1) is 0 Å². The maximum atomic E-state index is 12.4. The second kappa shape index (κ2) is 8.10. The summed E-state index contributed by atoms with van der Waals surface area (Å²) in [5, 5.41) is 0.507. The molecule has 1 amide bonds. The van der Waals surface area contributed by atoms with Crippen LogP contribution in [0.5, 0.6) is 5.75 Å². The highest BCUT2D eigenvalue weighted by atomic mass is 35.5. The van der Waals surface area contributed by atoms with Gasteiger partial charge in [-0.05, 0) is 50.2 Å². The molecule has 0 saturated heterocycles. The maximum Gasteiger partial charge on any atom is 0.270 e. The van der Waals surface area contributed by atoms with Crippen LogP contribution in [0.15, 0.2) is 59.6 Å². The molecule has 3 rings (SSSR count). The summed E-state index contributed by atoms with van der Waals surface area (Å²) in [5.41, 5.74) is 6.95. The van der Waals surface area contributed by atoms with Crippen LogP contribution in [0.1, 0.15) is 27.3 Å². The molecule has 0 aliphatic heterocycles. The highest BCUT2D eigenvalue weighted by Gasteiger charge is 2.11. The van der Waals surface area contributed by atoms with Crippen LogP contribution in [-0.2, 0) is 0 Å². The summed E-state index contributed by atoms with van der Waals surface area (Å²) in [4.78, 5) is 16.9. The molecule has 0 radical (unpaired) electrons. The Morgan fingerprint density at radius 2 is 1.89 bits per heavy atom. The number of carbonyl (C=O) groups is 1. The van der Waals surface area contributed by atoms with Gasteiger partial charge in [0.15, 0.2) is 0 Å². The van der Waals surface area contributed by atoms with Gasteiger partial charge in [-0.1, -0.05) is 29.8 Å². The van der Waals surface area contributed by atoms with Crippen LogP contribution in [0.2, 0.25) is 5.02 Å². The van der Waals surface area contributed by atoms with Crippen molar-refractivity contribution in [2.45, 2.75) is 13.8 Å². The molecule has 0 bridgehead atoms. The number of carbonyl (C=O) groups excluding carboxylic acids is 1. The molecule has 138 valence electrons. The molecule has 0 saturated carbocycles. The normalized spacial score (nSPS) is 11.0. The van der Waals surface area contributed by atoms with Crippen molar-refractivity contribution in [2.24, 2.45) is 4.99 Å². The smallest absolute Gasteiger partial charge is 0.270 e. The highest BCUT2D eigenvalue weighted by Crippen LogP contribution is 2.28. The number of hydrogen-bond acceptors (Lipinski definition) is 3. The summed E-state index contributed by atoms with van der Waals surface area (Å²) in [6.45, 7) is 3.86. The van der Waals surface area contributed by atoms with Crippen LogP contribution in [0.25, 0.3) is 0 Å². The molecular formula is C21H20ClN3O2. The van der Waals surface area contributed by atoms with Crippen LogP contribution >= 0.6 is 11.6 Å². The Kier molecular flexibility index (Phi) is 5.62. The van der Waals surface area contributed by atoms with E-state index in [2.05, 4.69) is 10.4 Å². The monoisotopic (exact) mass is 381 g/mol. The molecule has 6 heteroatoms. The van der Waals surface area contributed by atoms with Gasteiger partial charge in [0.05, 0.1) is 17.8 Å². The zero-order chi connectivity index (χ0) is 19.4. The van der Waals surface area contributed by atoms with E-state index in [-0.39, 0.29) is 5.91 Å². The first kappa shape index (κ1) is 18.7. The zero-order valence-corrected chi connectivity index (χ0v) is 16.1. The van der Waals surface area contributed by atoms with Crippen molar-refractivity contribution in [1.29, 1.82) is 0 Å². The average molecular weight is 382 g/mol. The first-order chi connectivity index (χ1) is 13.0. The van der Waals surface area contributed by atoms with Crippen molar-refractivity contribution in [1.82, 2.24) is 4.68 Å². The molecule has 0 spiro atoms. The molecule has 1 aromatic heterocycles. The SMILES string of the molecule is COc1ccc(N=Cc2cc(C)n(NC(=O)c3ccccc3)c2C)cc1Cl. The van der Waals surface area contributed by atoms with E-state index in [1.54, 1.807) is 42.3 Å². The van der Waals surface area contributed by atoms with Crippen molar-refractivity contribution >= 4 is 29.4 Å². The Labute approximate surface area is 163 Å². The highest BCUT2D eigenvalue weighted by molar-refractivity contribution is 6.32. The molecule has 27 heavy (non-hydrogen) atoms. The van der Waals surface area contributed by atoms with E-state index in [1.165, 1.54) is 0 Å². The number of benzene rings is 2. The Morgan fingerprint density at radius 1 is 1.15 bits per heavy atom. The van der Waals surface area contributed by atoms with Crippen LogP contribution in [0, 0.1) is 13.8 Å². The van der Waals surface area contributed by atoms with E-state index >= 15 is 0 Å². The molecular weight excluding hydrogens is 362 g/mol. The molecule has 3 aromatic rings. The number of methoxy groups -OCH3 is 1. The van der Waals surface area contributed by atoms with Crippen LogP contribution in [0.3, 0.4) is 0 Å². The van der Waals surface area contributed by atoms with Crippen molar-refractivity contribution in [3.63, 3.8) is 0 Å². The number of rotatable bonds is 5. The third kappa shape index (κ3) is 4.20. The zero-order valence-electron chi connectivity index (χ0n) is 15.4. The predicted octanol–water partition coefficient (Wildman–Crippen LogP) is 4.90. The fraction of sp³-hybridized carbons (Fsp3) is 0.143. The fourth-order valence-electron chi connectivity index (χ4n) is 2.73. The minimum atomic E-state index is -0.164. The van der Waals surface area contributed by atoms with Crippen LogP contribution in [-0.4, -0.2) is 23.9 Å². The number of aliphatic imine (C=N–C) groups is 1. The molecule has 1 N–H and O–H groups in total. The lowest BCUT2D eigenvalue weighted by atomic mass is 10.2. The molecule has 0 aliphatic carbocycles. The Balaban J connectivity index is 1.81. The predicted molar refractivity (Wildman–Crippen MR) is 109 cm³/mol. The van der Waals surface area contributed by atoms with Gasteiger partial charge in [0, 0.05) is 28.7 Å². The fourth-order valence-corrected chi connectivity index (χ4v) is 2.98. The summed E-state index contributed by atoms with van der Waals surface area (Å²) < 4.78 is 6.91. The topological polar surface area (TPSA) is 55.6 Å². The van der Waals surface area contributed by atoms with Gasteiger partial charge < -0.3 is 4.74 Å². The van der Waals surface area contributed by atoms with Gasteiger partial charge in [-0.3, -0.25) is 19.9 Å². The lowest BCUT2D eigenvalue weighted by molar-refractivity contribution is 0.101. The van der Waals surface area contributed by atoms with E-state index in [4.69, 9.17) is 16.3 Å². The molecule has 2 aromatic carbocycles. The summed E-state index contributed by atoms with van der Waals surface area (Å²) in [7, 11) is 1.57. The second-order valence-corrected chi connectivity index (χ2v) is 6.45. The van der Waals surface area contributed by atoms with E-state index in [0.29, 0.717) is 16.3 Å². The minimum Gasteiger partial charge on any atom is -0.495 e. The van der Waals surface area contributed by atoms with E-state index in [1.807, 2.05) is 44.2 Å². The second-order valence-electron chi connectivity index (χ2n) is 6.05. The van der Waals surface area contributed by atoms with Crippen LogP contribution in [0.4, 0.5) is 5.69 Å². The van der Waals surface area contributed by atoms with Gasteiger partial charge >= 0.3 is 0 Å². The number of ether oxygens (including phenoxy) is 1. The Bertz CT molecular complexity index is 994. The average Bonchev–Trinajstić information content (AvgIpc) is 2.94. The van der Waals surface area contributed by atoms with Crippen molar-refractivity contribution in [3.8, 4) is 5.75 Å². The van der Waals surface area contributed by atoms with E-state index in [0.717, 1.165) is 22.6 Å². The summed E-state index contributed by atoms with van der Waals surface area (Å²) in [6, 6.07) is 16.4. The number of nitrogens with one attached hydrogen (secondary N) is 1. The number of amides is 1. The third-order valence-corrected chi connectivity index (χ3v) is 4.50. The lowest BCUT2D eigenvalue weighted by Gasteiger charge is -2.11. The van der Waals surface area contributed by atoms with Gasteiger partial charge in [0.2, 0.25) is 0 Å². The van der Waals surface area contributed by atoms with Crippen LogP contribution < -0.4 is 10.2 Å². The first-order valence-electron chi connectivity index (χ1n) is 8.42. The van der Waals surface area contributed by atoms with Gasteiger partial charge in [0.25, 0.3) is 5.91 Å². The summed E-state index contributed by atoms with van der Waals surface area (Å²) in [6.07, 6.45) is 1.76. The standard InChI is InChI=1S/C21H20ClN3O2/c1-14-11-17(13-23-18-9-10-20(27-3)19(22)12-18)15(2)25(14)24-21(26)16-7-5-4-6-8-16/h4-13H,1-3H3,(H,24,26). The molecule has 0 fully saturated rings. The summed E-state index contributed by atoms with van der Waals surface area (Å²) >= 11 is 6.14. The first-order valence-corrected chi connectivity index (χ1v) is 8.80. The van der Waals surface area contributed by atoms with Crippen molar-refractivity contribution < 1.29 is 9.53 Å². The number of aromatic nitrogens is 1. The van der Waals surface area contributed by atoms with E-state index < -0.39 is 0 Å². The lowest BCUT2D eigenvalue weighted by Crippen LogP contribution is -2.24. The summed E-state index contributed by atoms with van der Waals surface area (Å²) in [5.74, 6) is 0.445. The Hall–Kier alpha value is -3.05. The number of nitrogens with zero attached hydrogens (tertiary/aromatic N) is 2. The molecule has 5 nitrogen and oxygen atoms in total. The van der Waals surface area contributed by atoms with E-state index in [9.17, 15) is 4.79 Å². The largest absolute Gasteiger partial charge is 0.495 e. The number of aryl methyl sites for hydroxylation is 1. The molecule has 0 unspecified atom stereocenters. The van der Waals surface area contributed by atoms with Crippen molar-refractivity contribution in [2.75, 3.05) is 12.5 Å². The third-order valence-electron chi connectivity index (χ3n) is 4.21.